The number of nitrogens with one attached hydrogen (secondary N) is 2. The van der Waals surface area contributed by atoms with Gasteiger partial charge in [0, 0.05) is 23.3 Å². The van der Waals surface area contributed by atoms with Crippen LogP contribution in [0.5, 0.6) is 23.0 Å². The number of carbonyl (C=O) groups is 2. The van der Waals surface area contributed by atoms with E-state index in [-0.39, 0.29) is 11.1 Å². The summed E-state index contributed by atoms with van der Waals surface area (Å²) >= 11 is 0.706. The van der Waals surface area contributed by atoms with Crippen LogP contribution in [-0.2, 0) is 9.47 Å². The number of benzene rings is 2. The average molecular weight is 685 g/mol. The van der Waals surface area contributed by atoms with Crippen LogP contribution in [0.25, 0.3) is 0 Å². The molecule has 2 aliphatic rings. The van der Waals surface area contributed by atoms with Crippen LogP contribution in [0, 0.1) is 0 Å². The fraction of sp³-hybridized carbons (Fsp3) is 0.533. The third kappa shape index (κ3) is 8.19. The van der Waals surface area contributed by atoms with Gasteiger partial charge in [0.05, 0.1) is 53.7 Å². The third-order valence-corrected chi connectivity index (χ3v) is 9.18. The summed E-state index contributed by atoms with van der Waals surface area (Å²) in [5, 5.41) is 69.3. The quantitative estimate of drug-likeness (QED) is 0.124. The zero-order chi connectivity index (χ0) is 34.4. The minimum atomic E-state index is -1.62. The lowest BCUT2D eigenvalue weighted by Crippen LogP contribution is -2.66. The van der Waals surface area contributed by atoms with E-state index >= 15 is 0 Å². The van der Waals surface area contributed by atoms with Crippen molar-refractivity contribution in [3.63, 3.8) is 0 Å². The van der Waals surface area contributed by atoms with E-state index in [1.807, 2.05) is 0 Å². The molecule has 0 bridgehead atoms. The largest absolute Gasteiger partial charge is 0.497 e. The first-order valence-electron chi connectivity index (χ1n) is 14.5. The van der Waals surface area contributed by atoms with E-state index in [1.54, 1.807) is 12.1 Å². The normalized spacial score (nSPS) is 30.6. The Hall–Kier alpha value is -3.39. The summed E-state index contributed by atoms with van der Waals surface area (Å²) in [6.07, 6.45) is -8.92. The minimum absolute atomic E-state index is 0.0925. The molecule has 10 atom stereocenters. The van der Waals surface area contributed by atoms with Gasteiger partial charge in [-0.2, -0.15) is 0 Å². The molecule has 0 saturated carbocycles. The van der Waals surface area contributed by atoms with Gasteiger partial charge in [0.15, 0.2) is 0 Å². The van der Waals surface area contributed by atoms with Crippen molar-refractivity contribution in [2.75, 3.05) is 41.7 Å². The molecule has 0 spiro atoms. The van der Waals surface area contributed by atoms with Crippen molar-refractivity contribution >= 4 is 23.6 Å². The standard InChI is InChI=1S/C30H40N2O14S/c1-41-15-5-13(6-16(9-15)42-2)27(39)31-21-23(35)19(11-33)45-29(25(21)37)47-30-26(38)22(24(36)20(12-34)46-30)32-28(40)14-7-17(43-3)10-18(8-14)44-4/h5-10,19-26,29-30,33-38H,11-12H2,1-4H3,(H,31,39)(H,32,40)/t19?,20?,21-,22?,23-,24-,25?,26+,29-,30-/m0/s1. The summed E-state index contributed by atoms with van der Waals surface area (Å²) in [7, 11) is 5.63. The topological polar surface area (TPSA) is 235 Å². The molecular formula is C30H40N2O14S. The highest BCUT2D eigenvalue weighted by Crippen LogP contribution is 2.37. The summed E-state index contributed by atoms with van der Waals surface area (Å²) in [5.41, 5.74) is -2.47. The Kier molecular flexibility index (Phi) is 12.5. The van der Waals surface area contributed by atoms with Gasteiger partial charge < -0.3 is 69.7 Å². The highest BCUT2D eigenvalue weighted by Gasteiger charge is 2.50. The molecule has 2 aromatic carbocycles. The number of amides is 2. The number of methoxy groups -OCH3 is 4. The Balaban J connectivity index is 1.54. The lowest BCUT2D eigenvalue weighted by atomic mass is 9.96. The molecule has 2 fully saturated rings. The number of rotatable bonds is 12. The molecule has 2 amide bonds. The van der Waals surface area contributed by atoms with Crippen molar-refractivity contribution in [3.8, 4) is 23.0 Å². The van der Waals surface area contributed by atoms with Crippen LogP contribution in [0.1, 0.15) is 20.7 Å². The summed E-state index contributed by atoms with van der Waals surface area (Å²) in [4.78, 5) is 26.4. The fourth-order valence-electron chi connectivity index (χ4n) is 5.22. The van der Waals surface area contributed by atoms with Gasteiger partial charge in [0.1, 0.15) is 70.5 Å². The molecule has 0 aromatic heterocycles. The van der Waals surface area contributed by atoms with Crippen LogP contribution < -0.4 is 29.6 Å². The second kappa shape index (κ2) is 16.1. The maximum atomic E-state index is 13.2. The second-order valence-electron chi connectivity index (χ2n) is 10.8. The van der Waals surface area contributed by atoms with E-state index < -0.39 is 84.6 Å². The van der Waals surface area contributed by atoms with Crippen LogP contribution in [0.15, 0.2) is 36.4 Å². The summed E-state index contributed by atoms with van der Waals surface area (Å²) in [5.74, 6) is -0.133. The minimum Gasteiger partial charge on any atom is -0.497 e. The van der Waals surface area contributed by atoms with Crippen molar-refractivity contribution in [2.45, 2.75) is 59.6 Å². The number of aliphatic hydroxyl groups is 6. The van der Waals surface area contributed by atoms with E-state index in [4.69, 9.17) is 28.4 Å². The summed E-state index contributed by atoms with van der Waals surface area (Å²) < 4.78 is 32.3. The van der Waals surface area contributed by atoms with E-state index in [9.17, 15) is 40.2 Å². The number of hydrogen-bond acceptors (Lipinski definition) is 15. The van der Waals surface area contributed by atoms with Crippen molar-refractivity contribution < 1.29 is 68.6 Å². The van der Waals surface area contributed by atoms with Gasteiger partial charge in [-0.25, -0.2) is 0 Å². The van der Waals surface area contributed by atoms with Gasteiger partial charge in [-0.15, -0.1) is 0 Å². The number of aliphatic hydroxyl groups excluding tert-OH is 6. The summed E-state index contributed by atoms with van der Waals surface area (Å²) in [6, 6.07) is 6.06. The molecule has 2 heterocycles. The zero-order valence-corrected chi connectivity index (χ0v) is 26.8. The van der Waals surface area contributed by atoms with Crippen LogP contribution in [-0.4, -0.2) is 144 Å². The van der Waals surface area contributed by atoms with Crippen molar-refractivity contribution in [1.82, 2.24) is 10.6 Å². The maximum Gasteiger partial charge on any atom is 0.251 e. The smallest absolute Gasteiger partial charge is 0.251 e. The molecule has 4 unspecified atom stereocenters. The van der Waals surface area contributed by atoms with Gasteiger partial charge in [0.2, 0.25) is 0 Å². The Morgan fingerprint density at radius 3 is 1.21 bits per heavy atom. The van der Waals surface area contributed by atoms with Gasteiger partial charge in [0.25, 0.3) is 11.8 Å². The number of ether oxygens (including phenoxy) is 6. The van der Waals surface area contributed by atoms with Crippen LogP contribution in [0.3, 0.4) is 0 Å². The molecule has 4 rings (SSSR count). The van der Waals surface area contributed by atoms with E-state index in [0.717, 1.165) is 0 Å². The first-order chi connectivity index (χ1) is 22.5. The molecule has 2 aliphatic heterocycles. The lowest BCUT2D eigenvalue weighted by Gasteiger charge is -2.46. The predicted octanol–water partition coefficient (Wildman–Crippen LogP) is -1.77. The predicted molar refractivity (Wildman–Crippen MR) is 165 cm³/mol. The van der Waals surface area contributed by atoms with Gasteiger partial charge in [-0.1, -0.05) is 11.8 Å². The van der Waals surface area contributed by atoms with Crippen LogP contribution >= 0.6 is 11.8 Å². The molecule has 47 heavy (non-hydrogen) atoms. The molecule has 0 radical (unpaired) electrons. The molecular weight excluding hydrogens is 644 g/mol. The van der Waals surface area contributed by atoms with E-state index in [2.05, 4.69) is 10.6 Å². The molecule has 2 aromatic rings. The second-order valence-corrected chi connectivity index (χ2v) is 12.0. The fourth-order valence-corrected chi connectivity index (χ4v) is 6.56. The number of carbonyl (C=O) groups excluding carboxylic acids is 2. The number of thioether (sulfide) groups is 1. The highest BCUT2D eigenvalue weighted by molar-refractivity contribution is 8.00. The van der Waals surface area contributed by atoms with Gasteiger partial charge in [-0.05, 0) is 24.3 Å². The lowest BCUT2D eigenvalue weighted by molar-refractivity contribution is -0.175. The van der Waals surface area contributed by atoms with E-state index in [0.29, 0.717) is 34.8 Å². The first-order valence-corrected chi connectivity index (χ1v) is 15.4. The molecule has 2 saturated heterocycles. The third-order valence-electron chi connectivity index (χ3n) is 7.86. The molecule has 260 valence electrons. The first kappa shape index (κ1) is 36.4. The van der Waals surface area contributed by atoms with Gasteiger partial charge in [-0.3, -0.25) is 9.59 Å². The Morgan fingerprint density at radius 2 is 0.936 bits per heavy atom. The van der Waals surface area contributed by atoms with Crippen molar-refractivity contribution in [1.29, 1.82) is 0 Å². The molecule has 0 aliphatic carbocycles. The Morgan fingerprint density at radius 1 is 0.617 bits per heavy atom. The maximum absolute atomic E-state index is 13.2. The Bertz CT molecular complexity index is 1240. The molecule has 17 heteroatoms. The summed E-state index contributed by atoms with van der Waals surface area (Å²) in [6.45, 7) is -1.39. The molecule has 8 N–H and O–H groups in total. The number of hydrogen-bond donors (Lipinski definition) is 8. The monoisotopic (exact) mass is 684 g/mol. The van der Waals surface area contributed by atoms with Crippen molar-refractivity contribution in [2.24, 2.45) is 0 Å². The Labute approximate surface area is 274 Å². The zero-order valence-electron chi connectivity index (χ0n) is 26.0. The van der Waals surface area contributed by atoms with E-state index in [1.165, 1.54) is 52.7 Å². The van der Waals surface area contributed by atoms with Gasteiger partial charge >= 0.3 is 0 Å². The average Bonchev–Trinajstić information content (AvgIpc) is 3.09. The molecule has 16 nitrogen and oxygen atoms in total. The SMILES string of the molecule is COc1cc(OC)cc(C(=O)NC2[C@@H](O)C(CO)O[C@@H](S[C@@H]3OC(CO)[C@H](O)[C@H](NC(=O)c4cc(OC)cc(OC)c4)C3O)[C@@H]2O)c1. The van der Waals surface area contributed by atoms with Crippen LogP contribution in [0.4, 0.5) is 0 Å². The highest BCUT2D eigenvalue weighted by atomic mass is 32.2. The van der Waals surface area contributed by atoms with Crippen LogP contribution in [0.2, 0.25) is 0 Å². The van der Waals surface area contributed by atoms with Crippen molar-refractivity contribution in [3.05, 3.63) is 47.5 Å².